The van der Waals surface area contributed by atoms with Gasteiger partial charge in [-0.25, -0.2) is 9.78 Å². The van der Waals surface area contributed by atoms with E-state index in [0.717, 1.165) is 0 Å². The van der Waals surface area contributed by atoms with E-state index in [2.05, 4.69) is 10.3 Å². The molecule has 0 fully saturated rings. The number of hydrogen-bond acceptors (Lipinski definition) is 4. The minimum atomic E-state index is -1.20. The number of aromatic nitrogens is 2. The topological polar surface area (TPSA) is 120 Å². The van der Waals surface area contributed by atoms with Gasteiger partial charge in [-0.15, -0.1) is 0 Å². The Morgan fingerprint density at radius 1 is 1.38 bits per heavy atom. The zero-order chi connectivity index (χ0) is 17.7. The van der Waals surface area contributed by atoms with Crippen molar-refractivity contribution in [2.75, 3.05) is 0 Å². The zero-order valence-electron chi connectivity index (χ0n) is 13.1. The molecule has 0 aliphatic rings. The first-order valence-corrected chi connectivity index (χ1v) is 7.47. The van der Waals surface area contributed by atoms with Crippen molar-refractivity contribution < 1.29 is 24.5 Å². The number of hydrogen-bond donors (Lipinski definition) is 2. The van der Waals surface area contributed by atoms with Crippen LogP contribution in [0, 0.1) is 0 Å². The molecular weight excluding hydrogens is 314 g/mol. The maximum atomic E-state index is 12.6. The first-order valence-electron chi connectivity index (χ1n) is 7.47. The molecule has 0 radical (unpaired) electrons. The molecular formula is C16H18N3O5+. The maximum absolute atomic E-state index is 12.6. The van der Waals surface area contributed by atoms with Crippen LogP contribution in [0.5, 0.6) is 0 Å². The fraction of sp³-hybridized carbons (Fsp3) is 0.312. The monoisotopic (exact) mass is 332 g/mol. The summed E-state index contributed by atoms with van der Waals surface area (Å²) in [7, 11) is 0. The van der Waals surface area contributed by atoms with Gasteiger partial charge in [-0.05, 0) is 18.6 Å². The van der Waals surface area contributed by atoms with Crippen LogP contribution < -0.4 is 15.9 Å². The molecule has 0 aliphatic carbocycles. The van der Waals surface area contributed by atoms with Gasteiger partial charge < -0.3 is 15.2 Å². The van der Waals surface area contributed by atoms with Crippen LogP contribution in [0.25, 0.3) is 10.9 Å². The number of amides is 1. The highest BCUT2D eigenvalue weighted by Gasteiger charge is 2.28. The number of para-hydroxylation sites is 1. The summed E-state index contributed by atoms with van der Waals surface area (Å²) in [6.07, 6.45) is 1.57. The maximum Gasteiger partial charge on any atom is 0.345 e. The van der Waals surface area contributed by atoms with E-state index in [-0.39, 0.29) is 5.56 Å². The second kappa shape index (κ2) is 7.49. The molecule has 0 saturated carbocycles. The lowest BCUT2D eigenvalue weighted by Crippen LogP contribution is -2.44. The molecule has 0 unspecified atom stereocenters. The molecule has 8 heteroatoms. The van der Waals surface area contributed by atoms with Crippen LogP contribution in [-0.2, 0) is 14.4 Å². The van der Waals surface area contributed by atoms with Gasteiger partial charge in [0.1, 0.15) is 17.2 Å². The minimum absolute atomic E-state index is 0.302. The molecule has 0 aliphatic heterocycles. The summed E-state index contributed by atoms with van der Waals surface area (Å²) in [5.41, 5.74) is 0.304. The normalized spacial score (nSPS) is 13.2. The Balaban J connectivity index is 2.32. The number of nitrogens with one attached hydrogen (secondary N) is 2. The number of carboxylic acid groups (broad SMARTS) is 1. The van der Waals surface area contributed by atoms with Crippen molar-refractivity contribution in [2.45, 2.75) is 31.8 Å². The fourth-order valence-electron chi connectivity index (χ4n) is 2.47. The predicted molar refractivity (Wildman–Crippen MR) is 84.3 cm³/mol. The number of H-pyrrole nitrogens is 1. The van der Waals surface area contributed by atoms with Crippen LogP contribution in [0.4, 0.5) is 0 Å². The molecule has 1 amide bonds. The van der Waals surface area contributed by atoms with Crippen LogP contribution in [0.15, 0.2) is 35.4 Å². The molecule has 126 valence electrons. The van der Waals surface area contributed by atoms with Crippen molar-refractivity contribution in [1.82, 2.24) is 9.88 Å². The summed E-state index contributed by atoms with van der Waals surface area (Å²) in [6, 6.07) is 4.91. The molecule has 3 N–H and O–H groups in total. The van der Waals surface area contributed by atoms with Gasteiger partial charge >= 0.3 is 11.5 Å². The molecule has 24 heavy (non-hydrogen) atoms. The lowest BCUT2D eigenvalue weighted by molar-refractivity contribution is -0.353. The first-order chi connectivity index (χ1) is 11.5. The largest absolute Gasteiger partial charge is 0.481 e. The van der Waals surface area contributed by atoms with E-state index in [1.54, 1.807) is 31.2 Å². The van der Waals surface area contributed by atoms with E-state index in [1.165, 1.54) is 10.9 Å². The van der Waals surface area contributed by atoms with Gasteiger partial charge in [-0.1, -0.05) is 19.1 Å². The Kier molecular flexibility index (Phi) is 5.41. The second-order valence-corrected chi connectivity index (χ2v) is 5.30. The highest BCUT2D eigenvalue weighted by Crippen LogP contribution is 2.11. The number of aromatic amines is 1. The van der Waals surface area contributed by atoms with Crippen LogP contribution >= 0.6 is 0 Å². The summed E-state index contributed by atoms with van der Waals surface area (Å²) in [4.78, 5) is 49.5. The molecule has 2 aromatic rings. The Morgan fingerprint density at radius 2 is 2.08 bits per heavy atom. The molecule has 1 heterocycles. The SMILES string of the molecule is CC[C@@H](C(=O)N[C@H](C=O)CC(=O)O)n1c[nH+]c2ccccc2c1=O. The highest BCUT2D eigenvalue weighted by molar-refractivity contribution is 5.85. The molecule has 1 aromatic heterocycles. The van der Waals surface area contributed by atoms with Gasteiger partial charge in [0.15, 0.2) is 6.04 Å². The molecule has 0 spiro atoms. The van der Waals surface area contributed by atoms with Crippen molar-refractivity contribution >= 4 is 29.1 Å². The summed E-state index contributed by atoms with van der Waals surface area (Å²) >= 11 is 0. The number of aldehydes is 1. The number of aliphatic carboxylic acids is 1. The average Bonchev–Trinajstić information content (AvgIpc) is 2.56. The van der Waals surface area contributed by atoms with Gasteiger partial charge in [0.25, 0.3) is 5.91 Å². The molecule has 0 saturated heterocycles. The average molecular weight is 332 g/mol. The van der Waals surface area contributed by atoms with Crippen molar-refractivity contribution in [2.24, 2.45) is 0 Å². The van der Waals surface area contributed by atoms with Gasteiger partial charge in [-0.2, -0.15) is 4.57 Å². The second-order valence-electron chi connectivity index (χ2n) is 5.30. The molecule has 1 aromatic carbocycles. The van der Waals surface area contributed by atoms with Crippen molar-refractivity contribution in [1.29, 1.82) is 0 Å². The van der Waals surface area contributed by atoms with Crippen LogP contribution in [0.2, 0.25) is 0 Å². The number of nitrogens with zero attached hydrogens (tertiary/aromatic N) is 1. The number of benzene rings is 1. The van der Waals surface area contributed by atoms with Gasteiger partial charge in [-0.3, -0.25) is 9.59 Å². The lowest BCUT2D eigenvalue weighted by atomic mass is 10.1. The number of carboxylic acids is 1. The van der Waals surface area contributed by atoms with Crippen molar-refractivity contribution in [3.63, 3.8) is 0 Å². The summed E-state index contributed by atoms with van der Waals surface area (Å²) in [5, 5.41) is 11.5. The fourth-order valence-corrected chi connectivity index (χ4v) is 2.47. The summed E-state index contributed by atoms with van der Waals surface area (Å²) in [6.45, 7) is 1.72. The zero-order valence-corrected chi connectivity index (χ0v) is 13.1. The first kappa shape index (κ1) is 17.3. The van der Waals surface area contributed by atoms with E-state index in [9.17, 15) is 19.2 Å². The molecule has 2 atom stereocenters. The van der Waals surface area contributed by atoms with E-state index < -0.39 is 30.4 Å². The number of carbonyl (C=O) groups excluding carboxylic acids is 2. The summed E-state index contributed by atoms with van der Waals surface area (Å²) < 4.78 is 1.25. The number of carbonyl (C=O) groups is 3. The van der Waals surface area contributed by atoms with Crippen molar-refractivity contribution in [3.05, 3.63) is 40.9 Å². The van der Waals surface area contributed by atoms with Crippen molar-refractivity contribution in [3.8, 4) is 0 Å². The summed E-state index contributed by atoms with van der Waals surface area (Å²) in [5.74, 6) is -1.78. The van der Waals surface area contributed by atoms with Gasteiger partial charge in [0, 0.05) is 0 Å². The smallest absolute Gasteiger partial charge is 0.345 e. The third-order valence-electron chi connectivity index (χ3n) is 3.66. The molecule has 0 bridgehead atoms. The number of rotatable bonds is 7. The van der Waals surface area contributed by atoms with E-state index in [1.807, 2.05) is 0 Å². The third-order valence-corrected chi connectivity index (χ3v) is 3.66. The Labute approximate surface area is 137 Å². The Hall–Kier alpha value is -3.03. The Bertz CT molecular complexity index is 830. The predicted octanol–water partition coefficient (Wildman–Crippen LogP) is -0.0749. The van der Waals surface area contributed by atoms with E-state index in [4.69, 9.17) is 5.11 Å². The number of fused-ring (bicyclic) bond motifs is 1. The third kappa shape index (κ3) is 3.65. The quantitative estimate of drug-likeness (QED) is 0.688. The minimum Gasteiger partial charge on any atom is -0.481 e. The van der Waals surface area contributed by atoms with E-state index in [0.29, 0.717) is 23.6 Å². The highest BCUT2D eigenvalue weighted by atomic mass is 16.4. The lowest BCUT2D eigenvalue weighted by Gasteiger charge is -2.16. The standard InChI is InChI=1S/C16H17N3O5/c1-2-13(15(23)18-10(8-20)7-14(21)22)19-9-17-12-6-4-3-5-11(12)16(19)24/h3-6,8-10,13H,2,7H2,1H3,(H,18,23)(H,21,22)/p+1/t10-,13-/m0/s1. The van der Waals surface area contributed by atoms with Crippen LogP contribution in [0.1, 0.15) is 25.8 Å². The van der Waals surface area contributed by atoms with Crippen LogP contribution in [-0.4, -0.2) is 33.9 Å². The van der Waals surface area contributed by atoms with E-state index >= 15 is 0 Å². The molecule has 2 rings (SSSR count). The van der Waals surface area contributed by atoms with Gasteiger partial charge in [0.2, 0.25) is 6.33 Å². The Morgan fingerprint density at radius 3 is 2.71 bits per heavy atom. The molecule has 8 nitrogen and oxygen atoms in total. The van der Waals surface area contributed by atoms with Gasteiger partial charge in [0.05, 0.1) is 12.5 Å². The van der Waals surface area contributed by atoms with Crippen LogP contribution in [0.3, 0.4) is 0 Å².